The highest BCUT2D eigenvalue weighted by atomic mass is 15.3. The van der Waals surface area contributed by atoms with Crippen molar-refractivity contribution in [2.75, 3.05) is 0 Å². The maximum atomic E-state index is 4.21. The van der Waals surface area contributed by atoms with Crippen molar-refractivity contribution in [2.45, 2.75) is 19.9 Å². The van der Waals surface area contributed by atoms with Crippen LogP contribution in [0.2, 0.25) is 0 Å². The predicted molar refractivity (Wildman–Crippen MR) is 45.7 cm³/mol. The van der Waals surface area contributed by atoms with Gasteiger partial charge >= 0.3 is 0 Å². The minimum Gasteiger partial charge on any atom is -0.245 e. The van der Waals surface area contributed by atoms with E-state index in [2.05, 4.69) is 28.9 Å². The van der Waals surface area contributed by atoms with Crippen molar-refractivity contribution in [3.8, 4) is 0 Å². The summed E-state index contributed by atoms with van der Waals surface area (Å²) in [5, 5.41) is 5.20. The smallest absolute Gasteiger partial charge is 0.161 e. The lowest BCUT2D eigenvalue weighted by Crippen LogP contribution is -2.02. The van der Waals surface area contributed by atoms with Gasteiger partial charge in [-0.25, -0.2) is 14.6 Å². The van der Waals surface area contributed by atoms with Gasteiger partial charge in [0.2, 0.25) is 0 Å². The summed E-state index contributed by atoms with van der Waals surface area (Å²) in [5.74, 6) is 0. The van der Waals surface area contributed by atoms with Gasteiger partial charge in [-0.1, -0.05) is 0 Å². The molecule has 2 heterocycles. The molecule has 0 spiro atoms. The van der Waals surface area contributed by atoms with Crippen LogP contribution in [-0.2, 0) is 0 Å². The zero-order valence-electron chi connectivity index (χ0n) is 7.10. The molecule has 0 atom stereocenters. The molecule has 2 aromatic rings. The average Bonchev–Trinajstić information content (AvgIpc) is 2.47. The normalized spacial score (nSPS) is 11.2. The molecular weight excluding hydrogens is 152 g/mol. The fourth-order valence-corrected chi connectivity index (χ4v) is 1.17. The zero-order chi connectivity index (χ0) is 8.55. The fourth-order valence-electron chi connectivity index (χ4n) is 1.17. The number of aromatic nitrogens is 4. The molecule has 0 bridgehead atoms. The molecular formula is C8H10N4. The van der Waals surface area contributed by atoms with Gasteiger partial charge in [0.1, 0.15) is 6.33 Å². The van der Waals surface area contributed by atoms with Gasteiger partial charge in [0.05, 0.1) is 11.6 Å². The van der Waals surface area contributed by atoms with Crippen LogP contribution in [0.1, 0.15) is 19.9 Å². The third-order valence-corrected chi connectivity index (χ3v) is 1.75. The van der Waals surface area contributed by atoms with Crippen LogP contribution in [0.4, 0.5) is 0 Å². The number of fused-ring (bicyclic) bond motifs is 1. The molecule has 2 rings (SSSR count). The van der Waals surface area contributed by atoms with E-state index >= 15 is 0 Å². The Kier molecular flexibility index (Phi) is 1.53. The van der Waals surface area contributed by atoms with Gasteiger partial charge in [-0.3, -0.25) is 0 Å². The van der Waals surface area contributed by atoms with Gasteiger partial charge < -0.3 is 0 Å². The van der Waals surface area contributed by atoms with Gasteiger partial charge in [0, 0.05) is 12.2 Å². The second-order valence-electron chi connectivity index (χ2n) is 2.98. The van der Waals surface area contributed by atoms with Crippen LogP contribution < -0.4 is 0 Å². The Labute approximate surface area is 70.3 Å². The van der Waals surface area contributed by atoms with E-state index in [0.717, 1.165) is 11.0 Å². The van der Waals surface area contributed by atoms with E-state index < -0.39 is 0 Å². The van der Waals surface area contributed by atoms with Crippen LogP contribution in [0.25, 0.3) is 11.0 Å². The molecule has 0 aliphatic rings. The maximum absolute atomic E-state index is 4.21. The third kappa shape index (κ3) is 0.958. The number of rotatable bonds is 1. The summed E-state index contributed by atoms with van der Waals surface area (Å²) in [6.07, 6.45) is 5.10. The summed E-state index contributed by atoms with van der Waals surface area (Å²) in [5.41, 5.74) is 0.903. The summed E-state index contributed by atoms with van der Waals surface area (Å²) < 4.78 is 1.89. The van der Waals surface area contributed by atoms with Crippen LogP contribution in [0, 0.1) is 0 Å². The van der Waals surface area contributed by atoms with E-state index in [1.165, 1.54) is 0 Å². The van der Waals surface area contributed by atoms with Crippen molar-refractivity contribution in [1.82, 2.24) is 19.7 Å². The Hall–Kier alpha value is -1.45. The molecule has 0 aliphatic heterocycles. The molecule has 0 saturated carbocycles. The van der Waals surface area contributed by atoms with Crippen LogP contribution in [-0.4, -0.2) is 19.7 Å². The summed E-state index contributed by atoms with van der Waals surface area (Å²) in [6, 6.07) is 0.345. The largest absolute Gasteiger partial charge is 0.245 e. The van der Waals surface area contributed by atoms with Crippen molar-refractivity contribution >= 4 is 11.0 Å². The molecule has 2 aromatic heterocycles. The number of hydrogen-bond donors (Lipinski definition) is 0. The minimum atomic E-state index is 0.345. The lowest BCUT2D eigenvalue weighted by atomic mass is 10.4. The SMILES string of the molecule is CC(C)n1ncc2cncnc21. The van der Waals surface area contributed by atoms with Gasteiger partial charge in [0.25, 0.3) is 0 Å². The van der Waals surface area contributed by atoms with Crippen molar-refractivity contribution in [1.29, 1.82) is 0 Å². The molecule has 0 radical (unpaired) electrons. The molecule has 0 aromatic carbocycles. The lowest BCUT2D eigenvalue weighted by Gasteiger charge is -2.04. The lowest BCUT2D eigenvalue weighted by molar-refractivity contribution is 0.546. The standard InChI is InChI=1S/C8H10N4/c1-6(2)12-8-7(4-11-12)3-9-5-10-8/h3-6H,1-2H3. The summed E-state index contributed by atoms with van der Waals surface area (Å²) in [7, 11) is 0. The number of nitrogens with zero attached hydrogens (tertiary/aromatic N) is 4. The van der Waals surface area contributed by atoms with Crippen molar-refractivity contribution in [2.24, 2.45) is 0 Å². The average molecular weight is 162 g/mol. The predicted octanol–water partition coefficient (Wildman–Crippen LogP) is 1.41. The molecule has 4 heteroatoms. The molecule has 0 unspecified atom stereocenters. The van der Waals surface area contributed by atoms with E-state index in [4.69, 9.17) is 0 Å². The minimum absolute atomic E-state index is 0.345. The monoisotopic (exact) mass is 162 g/mol. The van der Waals surface area contributed by atoms with E-state index in [0.29, 0.717) is 6.04 Å². The molecule has 12 heavy (non-hydrogen) atoms. The highest BCUT2D eigenvalue weighted by molar-refractivity contribution is 5.72. The topological polar surface area (TPSA) is 43.6 Å². The van der Waals surface area contributed by atoms with Gasteiger partial charge in [-0.2, -0.15) is 5.10 Å². The van der Waals surface area contributed by atoms with Crippen molar-refractivity contribution < 1.29 is 0 Å². The first-order valence-electron chi connectivity index (χ1n) is 3.92. The van der Waals surface area contributed by atoms with E-state index in [1.807, 2.05) is 4.68 Å². The van der Waals surface area contributed by atoms with Crippen LogP contribution >= 0.6 is 0 Å². The summed E-state index contributed by atoms with van der Waals surface area (Å²) >= 11 is 0. The van der Waals surface area contributed by atoms with Crippen molar-refractivity contribution in [3.63, 3.8) is 0 Å². The first-order valence-corrected chi connectivity index (χ1v) is 3.92. The molecule has 0 fully saturated rings. The Morgan fingerprint density at radius 1 is 1.33 bits per heavy atom. The summed E-state index contributed by atoms with van der Waals surface area (Å²) in [4.78, 5) is 8.07. The highest BCUT2D eigenvalue weighted by Crippen LogP contribution is 2.12. The zero-order valence-corrected chi connectivity index (χ0v) is 7.10. The van der Waals surface area contributed by atoms with Crippen LogP contribution in [0.3, 0.4) is 0 Å². The molecule has 0 amide bonds. The Morgan fingerprint density at radius 3 is 2.92 bits per heavy atom. The second-order valence-corrected chi connectivity index (χ2v) is 2.98. The third-order valence-electron chi connectivity index (χ3n) is 1.75. The van der Waals surface area contributed by atoms with E-state index in [1.54, 1.807) is 18.7 Å². The van der Waals surface area contributed by atoms with Crippen LogP contribution in [0.5, 0.6) is 0 Å². The maximum Gasteiger partial charge on any atom is 0.161 e. The summed E-state index contributed by atoms with van der Waals surface area (Å²) in [6.45, 7) is 4.16. The fraction of sp³-hybridized carbons (Fsp3) is 0.375. The molecule has 0 saturated heterocycles. The molecule has 62 valence electrons. The van der Waals surface area contributed by atoms with Crippen molar-refractivity contribution in [3.05, 3.63) is 18.7 Å². The quantitative estimate of drug-likeness (QED) is 0.636. The van der Waals surface area contributed by atoms with Gasteiger partial charge in [-0.15, -0.1) is 0 Å². The van der Waals surface area contributed by atoms with Gasteiger partial charge in [-0.05, 0) is 13.8 Å². The molecule has 0 aliphatic carbocycles. The Balaban J connectivity index is 2.70. The first kappa shape index (κ1) is 7.21. The van der Waals surface area contributed by atoms with Gasteiger partial charge in [0.15, 0.2) is 5.65 Å². The van der Waals surface area contributed by atoms with Crippen LogP contribution in [0.15, 0.2) is 18.7 Å². The molecule has 0 N–H and O–H groups in total. The first-order chi connectivity index (χ1) is 5.79. The number of hydrogen-bond acceptors (Lipinski definition) is 3. The second kappa shape index (κ2) is 2.55. The molecule has 4 nitrogen and oxygen atoms in total. The van der Waals surface area contributed by atoms with E-state index in [-0.39, 0.29) is 0 Å². The Morgan fingerprint density at radius 2 is 2.17 bits per heavy atom. The highest BCUT2D eigenvalue weighted by Gasteiger charge is 2.05. The van der Waals surface area contributed by atoms with E-state index in [9.17, 15) is 0 Å². The Bertz CT molecular complexity index is 391.